The monoisotopic (exact) mass is 470 g/mol. The molecule has 1 fully saturated rings. The molecule has 178 valence electrons. The normalized spacial score (nSPS) is 15.9. The molecule has 3 aromatic carbocycles. The van der Waals surface area contributed by atoms with Crippen molar-refractivity contribution in [1.29, 1.82) is 0 Å². The lowest BCUT2D eigenvalue weighted by Crippen LogP contribution is -2.48. The Morgan fingerprint density at radius 1 is 0.829 bits per heavy atom. The first kappa shape index (κ1) is 22.7. The Hall–Kier alpha value is -4.13. The highest BCUT2D eigenvalue weighted by atomic mass is 16.5. The Bertz CT molecular complexity index is 1210. The largest absolute Gasteiger partial charge is 0.480 e. The van der Waals surface area contributed by atoms with Crippen LogP contribution in [0.15, 0.2) is 78.9 Å². The molecular weight excluding hydrogens is 444 g/mol. The standard InChI is InChI=1S/C28H26N2O5/c31-26(29-25(27(32)33)18-14-15-18)24(17-8-2-1-3-9-17)30-28(34)35-16-23-21-12-6-4-10-19(21)20-11-5-7-13-22(20)23/h1-13,18,23-25H,14-16H2,(H,29,31)(H,30,34)(H,32,33). The van der Waals surface area contributed by atoms with Gasteiger partial charge in [-0.3, -0.25) is 4.79 Å². The van der Waals surface area contributed by atoms with Crippen LogP contribution in [0.5, 0.6) is 0 Å². The van der Waals surface area contributed by atoms with Crippen LogP contribution in [-0.2, 0) is 14.3 Å². The van der Waals surface area contributed by atoms with Gasteiger partial charge in [-0.15, -0.1) is 0 Å². The maximum absolute atomic E-state index is 13.1. The summed E-state index contributed by atoms with van der Waals surface area (Å²) in [5.41, 5.74) is 4.97. The highest BCUT2D eigenvalue weighted by Crippen LogP contribution is 2.44. The van der Waals surface area contributed by atoms with Gasteiger partial charge in [0.2, 0.25) is 5.91 Å². The molecule has 35 heavy (non-hydrogen) atoms. The second kappa shape index (κ2) is 9.62. The molecule has 0 radical (unpaired) electrons. The summed E-state index contributed by atoms with van der Waals surface area (Å²) in [6.07, 6.45) is 0.772. The van der Waals surface area contributed by atoms with Gasteiger partial charge in [-0.25, -0.2) is 9.59 Å². The smallest absolute Gasteiger partial charge is 0.408 e. The predicted octanol–water partition coefficient (Wildman–Crippen LogP) is 4.25. The van der Waals surface area contributed by atoms with Crippen molar-refractivity contribution in [2.75, 3.05) is 6.61 Å². The van der Waals surface area contributed by atoms with E-state index in [-0.39, 0.29) is 18.4 Å². The number of nitrogens with one attached hydrogen (secondary N) is 2. The van der Waals surface area contributed by atoms with Crippen molar-refractivity contribution in [2.45, 2.75) is 30.8 Å². The predicted molar refractivity (Wildman–Crippen MR) is 130 cm³/mol. The maximum Gasteiger partial charge on any atom is 0.408 e. The Morgan fingerprint density at radius 2 is 1.40 bits per heavy atom. The number of rotatable bonds is 8. The fourth-order valence-corrected chi connectivity index (χ4v) is 4.75. The van der Waals surface area contributed by atoms with Crippen molar-refractivity contribution >= 4 is 18.0 Å². The Labute approximate surface area is 203 Å². The molecule has 0 aliphatic heterocycles. The molecular formula is C28H26N2O5. The van der Waals surface area contributed by atoms with Gasteiger partial charge in [0, 0.05) is 5.92 Å². The van der Waals surface area contributed by atoms with Crippen LogP contribution in [0.4, 0.5) is 4.79 Å². The molecule has 0 bridgehead atoms. The van der Waals surface area contributed by atoms with Gasteiger partial charge in [-0.2, -0.15) is 0 Å². The third kappa shape index (κ3) is 4.75. The molecule has 0 aromatic heterocycles. The van der Waals surface area contributed by atoms with Crippen LogP contribution in [-0.4, -0.2) is 35.7 Å². The lowest BCUT2D eigenvalue weighted by molar-refractivity contribution is -0.142. The number of fused-ring (bicyclic) bond motifs is 3. The summed E-state index contributed by atoms with van der Waals surface area (Å²) in [7, 11) is 0. The van der Waals surface area contributed by atoms with Crippen molar-refractivity contribution < 1.29 is 24.2 Å². The minimum Gasteiger partial charge on any atom is -0.480 e. The summed E-state index contributed by atoms with van der Waals surface area (Å²) in [6, 6.07) is 22.8. The van der Waals surface area contributed by atoms with Gasteiger partial charge in [0.25, 0.3) is 0 Å². The van der Waals surface area contributed by atoms with Crippen LogP contribution in [0.3, 0.4) is 0 Å². The Kier molecular flexibility index (Phi) is 6.23. The first-order chi connectivity index (χ1) is 17.0. The Morgan fingerprint density at radius 3 is 1.97 bits per heavy atom. The summed E-state index contributed by atoms with van der Waals surface area (Å²) in [5, 5.41) is 14.7. The molecule has 1 saturated carbocycles. The minimum atomic E-state index is -1.08. The number of amides is 2. The number of ether oxygens (including phenoxy) is 1. The number of carbonyl (C=O) groups excluding carboxylic acids is 2. The van der Waals surface area contributed by atoms with Gasteiger partial charge in [0.15, 0.2) is 0 Å². The number of benzene rings is 3. The summed E-state index contributed by atoms with van der Waals surface area (Å²) in [5.74, 6) is -1.84. The number of hydrogen-bond donors (Lipinski definition) is 3. The van der Waals surface area contributed by atoms with Crippen LogP contribution in [0.1, 0.15) is 41.5 Å². The molecule has 2 amide bonds. The first-order valence-corrected chi connectivity index (χ1v) is 11.7. The van der Waals surface area contributed by atoms with E-state index in [1.165, 1.54) is 0 Å². The van der Waals surface area contributed by atoms with Crippen molar-refractivity contribution in [3.05, 3.63) is 95.6 Å². The average molecular weight is 471 g/mol. The fraction of sp³-hybridized carbons (Fsp3) is 0.250. The van der Waals surface area contributed by atoms with Gasteiger partial charge in [-0.05, 0) is 46.6 Å². The maximum atomic E-state index is 13.1. The van der Waals surface area contributed by atoms with Gasteiger partial charge in [0.05, 0.1) is 0 Å². The van der Waals surface area contributed by atoms with E-state index in [1.807, 2.05) is 36.4 Å². The number of alkyl carbamates (subject to hydrolysis) is 1. The van der Waals surface area contributed by atoms with E-state index < -0.39 is 30.1 Å². The molecule has 2 atom stereocenters. The minimum absolute atomic E-state index is 0.0812. The lowest BCUT2D eigenvalue weighted by Gasteiger charge is -2.22. The zero-order valence-corrected chi connectivity index (χ0v) is 19.0. The van der Waals surface area contributed by atoms with E-state index in [1.54, 1.807) is 30.3 Å². The molecule has 7 heteroatoms. The SMILES string of the molecule is O=C(NC(C(=O)NC(C(=O)O)C1CC1)c1ccccc1)OCC1c2ccccc2-c2ccccc21. The number of carboxylic acids is 1. The van der Waals surface area contributed by atoms with E-state index in [0.717, 1.165) is 35.1 Å². The van der Waals surface area contributed by atoms with Crippen molar-refractivity contribution in [3.8, 4) is 11.1 Å². The Balaban J connectivity index is 1.30. The number of hydrogen-bond acceptors (Lipinski definition) is 4. The third-order valence-electron chi connectivity index (χ3n) is 6.66. The summed E-state index contributed by atoms with van der Waals surface area (Å²) in [6.45, 7) is 0.114. The summed E-state index contributed by atoms with van der Waals surface area (Å²) in [4.78, 5) is 37.5. The molecule has 0 saturated heterocycles. The van der Waals surface area contributed by atoms with Crippen LogP contribution >= 0.6 is 0 Å². The van der Waals surface area contributed by atoms with Gasteiger partial charge < -0.3 is 20.5 Å². The first-order valence-electron chi connectivity index (χ1n) is 11.7. The van der Waals surface area contributed by atoms with E-state index in [0.29, 0.717) is 5.56 Å². The highest BCUT2D eigenvalue weighted by Gasteiger charge is 2.39. The van der Waals surface area contributed by atoms with Gasteiger partial charge in [-0.1, -0.05) is 78.9 Å². The van der Waals surface area contributed by atoms with E-state index in [4.69, 9.17) is 4.74 Å². The topological polar surface area (TPSA) is 105 Å². The summed E-state index contributed by atoms with van der Waals surface area (Å²) < 4.78 is 5.61. The van der Waals surface area contributed by atoms with E-state index >= 15 is 0 Å². The van der Waals surface area contributed by atoms with Gasteiger partial charge in [0.1, 0.15) is 18.7 Å². The second-order valence-electron chi connectivity index (χ2n) is 8.98. The highest BCUT2D eigenvalue weighted by molar-refractivity contribution is 5.90. The third-order valence-corrected chi connectivity index (χ3v) is 6.66. The quantitative estimate of drug-likeness (QED) is 0.457. The van der Waals surface area contributed by atoms with Crippen molar-refractivity contribution in [1.82, 2.24) is 10.6 Å². The number of carbonyl (C=O) groups is 3. The molecule has 7 nitrogen and oxygen atoms in total. The van der Waals surface area contributed by atoms with Crippen LogP contribution in [0, 0.1) is 5.92 Å². The molecule has 0 heterocycles. The zero-order valence-electron chi connectivity index (χ0n) is 19.0. The molecule has 3 N–H and O–H groups in total. The van der Waals surface area contributed by atoms with Crippen LogP contribution < -0.4 is 10.6 Å². The molecule has 0 spiro atoms. The molecule has 3 aromatic rings. The van der Waals surface area contributed by atoms with Crippen LogP contribution in [0.25, 0.3) is 11.1 Å². The number of aliphatic carboxylic acids is 1. The van der Waals surface area contributed by atoms with Gasteiger partial charge >= 0.3 is 12.1 Å². The summed E-state index contributed by atoms with van der Waals surface area (Å²) >= 11 is 0. The molecule has 2 aliphatic rings. The molecule has 5 rings (SSSR count). The van der Waals surface area contributed by atoms with E-state index in [9.17, 15) is 19.5 Å². The van der Waals surface area contributed by atoms with Crippen LogP contribution in [0.2, 0.25) is 0 Å². The lowest BCUT2D eigenvalue weighted by atomic mass is 9.98. The zero-order chi connectivity index (χ0) is 24.4. The average Bonchev–Trinajstić information content (AvgIpc) is 3.67. The van der Waals surface area contributed by atoms with E-state index in [2.05, 4.69) is 22.8 Å². The molecule has 2 aliphatic carbocycles. The molecule has 2 unspecified atom stereocenters. The van der Waals surface area contributed by atoms with Crippen molar-refractivity contribution in [2.24, 2.45) is 5.92 Å². The fourth-order valence-electron chi connectivity index (χ4n) is 4.75. The van der Waals surface area contributed by atoms with Crippen molar-refractivity contribution in [3.63, 3.8) is 0 Å². The second-order valence-corrected chi connectivity index (χ2v) is 8.98. The number of carboxylic acid groups (broad SMARTS) is 1.